The van der Waals surface area contributed by atoms with Crippen LogP contribution in [0.1, 0.15) is 51.4 Å². The number of nitrogens with zero attached hydrogens (tertiary/aromatic N) is 1. The first-order chi connectivity index (χ1) is 8.42. The van der Waals surface area contributed by atoms with Gasteiger partial charge < -0.3 is 5.32 Å². The number of hydrogen-bond acceptors (Lipinski definition) is 2. The van der Waals surface area contributed by atoms with Crippen molar-refractivity contribution in [3.05, 3.63) is 29.6 Å². The molecule has 0 aliphatic rings. The summed E-state index contributed by atoms with van der Waals surface area (Å²) in [5.41, 5.74) is 2.39. The summed E-state index contributed by atoms with van der Waals surface area (Å²) in [5, 5.41) is 3.45. The molecule has 2 heteroatoms. The highest BCUT2D eigenvalue weighted by Crippen LogP contribution is 2.16. The molecule has 98 valence electrons. The van der Waals surface area contributed by atoms with Crippen molar-refractivity contribution in [3.63, 3.8) is 0 Å². The molecule has 0 bridgehead atoms. The Kier molecular flexibility index (Phi) is 5.37. The Morgan fingerprint density at radius 3 is 2.67 bits per heavy atom. The molecule has 0 saturated heterocycles. The molecule has 2 nitrogen and oxygen atoms in total. The predicted octanol–water partition coefficient (Wildman–Crippen LogP) is 3.48. The molecular formula is C16H24N2. The molecule has 1 aromatic heterocycles. The standard InChI is InChI=1S/C16H24N2/c1-6-17-14(8-7-10-16(3,4)5)15-12-13(2)9-11-18-15/h9,11-12,14,17H,6,8H2,1-5H3. The average Bonchev–Trinajstić information content (AvgIpc) is 2.26. The smallest absolute Gasteiger partial charge is 0.0605 e. The van der Waals surface area contributed by atoms with Gasteiger partial charge in [-0.05, 0) is 51.9 Å². The summed E-state index contributed by atoms with van der Waals surface area (Å²) in [6.45, 7) is 11.5. The second-order valence-electron chi connectivity index (χ2n) is 5.62. The van der Waals surface area contributed by atoms with E-state index in [1.807, 2.05) is 12.3 Å². The van der Waals surface area contributed by atoms with Gasteiger partial charge in [-0.1, -0.05) is 12.8 Å². The third-order valence-corrected chi connectivity index (χ3v) is 2.51. The van der Waals surface area contributed by atoms with Crippen molar-refractivity contribution in [2.45, 2.75) is 47.1 Å². The van der Waals surface area contributed by atoms with Gasteiger partial charge >= 0.3 is 0 Å². The highest BCUT2D eigenvalue weighted by Gasteiger charge is 2.11. The first-order valence-corrected chi connectivity index (χ1v) is 6.58. The summed E-state index contributed by atoms with van der Waals surface area (Å²) in [5.74, 6) is 6.55. The van der Waals surface area contributed by atoms with Gasteiger partial charge in [0.25, 0.3) is 0 Å². The van der Waals surface area contributed by atoms with Gasteiger partial charge in [0, 0.05) is 18.0 Å². The average molecular weight is 244 g/mol. The highest BCUT2D eigenvalue weighted by atomic mass is 14.9. The molecule has 1 N–H and O–H groups in total. The van der Waals surface area contributed by atoms with Gasteiger partial charge in [0.15, 0.2) is 0 Å². The zero-order valence-electron chi connectivity index (χ0n) is 12.2. The van der Waals surface area contributed by atoms with E-state index in [9.17, 15) is 0 Å². The lowest BCUT2D eigenvalue weighted by Gasteiger charge is -2.15. The van der Waals surface area contributed by atoms with Crippen molar-refractivity contribution in [2.75, 3.05) is 6.54 Å². The largest absolute Gasteiger partial charge is 0.308 e. The molecule has 18 heavy (non-hydrogen) atoms. The van der Waals surface area contributed by atoms with Gasteiger partial charge in [-0.2, -0.15) is 0 Å². The van der Waals surface area contributed by atoms with E-state index in [2.05, 4.69) is 62.8 Å². The van der Waals surface area contributed by atoms with Crippen LogP contribution in [0.2, 0.25) is 0 Å². The maximum atomic E-state index is 4.44. The summed E-state index contributed by atoms with van der Waals surface area (Å²) < 4.78 is 0. The van der Waals surface area contributed by atoms with Crippen molar-refractivity contribution < 1.29 is 0 Å². The Morgan fingerprint density at radius 2 is 2.11 bits per heavy atom. The van der Waals surface area contributed by atoms with Crippen LogP contribution < -0.4 is 5.32 Å². The molecule has 0 aromatic carbocycles. The van der Waals surface area contributed by atoms with Crippen molar-refractivity contribution in [3.8, 4) is 11.8 Å². The second kappa shape index (κ2) is 6.56. The van der Waals surface area contributed by atoms with Crippen LogP contribution in [0.15, 0.2) is 18.3 Å². The van der Waals surface area contributed by atoms with E-state index in [1.54, 1.807) is 0 Å². The molecular weight excluding hydrogens is 220 g/mol. The molecule has 0 fully saturated rings. The van der Waals surface area contributed by atoms with Crippen LogP contribution in [-0.4, -0.2) is 11.5 Å². The molecule has 0 radical (unpaired) electrons. The van der Waals surface area contributed by atoms with E-state index in [0.29, 0.717) is 0 Å². The molecule has 1 rings (SSSR count). The normalized spacial score (nSPS) is 12.7. The molecule has 0 spiro atoms. The van der Waals surface area contributed by atoms with Crippen molar-refractivity contribution in [1.29, 1.82) is 0 Å². The zero-order valence-corrected chi connectivity index (χ0v) is 12.2. The fraction of sp³-hybridized carbons (Fsp3) is 0.562. The van der Waals surface area contributed by atoms with E-state index in [1.165, 1.54) is 5.56 Å². The van der Waals surface area contributed by atoms with Crippen LogP contribution in [0.3, 0.4) is 0 Å². The summed E-state index contributed by atoms with van der Waals surface area (Å²) in [6.07, 6.45) is 2.67. The molecule has 0 saturated carbocycles. The Bertz CT molecular complexity index is 432. The summed E-state index contributed by atoms with van der Waals surface area (Å²) >= 11 is 0. The maximum Gasteiger partial charge on any atom is 0.0605 e. The zero-order chi connectivity index (χ0) is 13.6. The predicted molar refractivity (Wildman–Crippen MR) is 77.2 cm³/mol. The minimum absolute atomic E-state index is 0.0663. The topological polar surface area (TPSA) is 24.9 Å². The van der Waals surface area contributed by atoms with Crippen LogP contribution in [0.5, 0.6) is 0 Å². The van der Waals surface area contributed by atoms with Gasteiger partial charge in [0.1, 0.15) is 0 Å². The maximum absolute atomic E-state index is 4.44. The number of aromatic nitrogens is 1. The summed E-state index contributed by atoms with van der Waals surface area (Å²) in [4.78, 5) is 4.44. The van der Waals surface area contributed by atoms with Crippen LogP contribution in [-0.2, 0) is 0 Å². The number of nitrogens with one attached hydrogen (secondary N) is 1. The van der Waals surface area contributed by atoms with Gasteiger partial charge in [-0.25, -0.2) is 0 Å². The molecule has 1 unspecified atom stereocenters. The molecule has 1 atom stereocenters. The monoisotopic (exact) mass is 244 g/mol. The number of hydrogen-bond donors (Lipinski definition) is 1. The van der Waals surface area contributed by atoms with Crippen molar-refractivity contribution >= 4 is 0 Å². The van der Waals surface area contributed by atoms with E-state index in [-0.39, 0.29) is 11.5 Å². The minimum Gasteiger partial charge on any atom is -0.308 e. The first-order valence-electron chi connectivity index (χ1n) is 6.58. The van der Waals surface area contributed by atoms with Gasteiger partial charge in [-0.15, -0.1) is 5.92 Å². The Hall–Kier alpha value is -1.33. The van der Waals surface area contributed by atoms with E-state index in [0.717, 1.165) is 18.7 Å². The van der Waals surface area contributed by atoms with E-state index < -0.39 is 0 Å². The molecule has 0 aliphatic heterocycles. The van der Waals surface area contributed by atoms with Gasteiger partial charge in [0.05, 0.1) is 11.7 Å². The van der Waals surface area contributed by atoms with Crippen molar-refractivity contribution in [2.24, 2.45) is 5.41 Å². The first kappa shape index (κ1) is 14.7. The highest BCUT2D eigenvalue weighted by molar-refractivity contribution is 5.19. The number of rotatable bonds is 4. The fourth-order valence-corrected chi connectivity index (χ4v) is 1.70. The lowest BCUT2D eigenvalue weighted by Crippen LogP contribution is -2.21. The third-order valence-electron chi connectivity index (χ3n) is 2.51. The Labute approximate surface area is 111 Å². The Morgan fingerprint density at radius 1 is 1.39 bits per heavy atom. The SMILES string of the molecule is CCNC(CC#CC(C)(C)C)c1cc(C)ccn1. The lowest BCUT2D eigenvalue weighted by atomic mass is 9.97. The lowest BCUT2D eigenvalue weighted by molar-refractivity contribution is 0.544. The van der Waals surface area contributed by atoms with Crippen LogP contribution in [0.4, 0.5) is 0 Å². The molecule has 1 heterocycles. The van der Waals surface area contributed by atoms with Crippen LogP contribution in [0, 0.1) is 24.2 Å². The van der Waals surface area contributed by atoms with Crippen LogP contribution in [0.25, 0.3) is 0 Å². The van der Waals surface area contributed by atoms with E-state index in [4.69, 9.17) is 0 Å². The Balaban J connectivity index is 2.79. The molecule has 0 aliphatic carbocycles. The summed E-state index contributed by atoms with van der Waals surface area (Å²) in [7, 11) is 0. The fourth-order valence-electron chi connectivity index (χ4n) is 1.70. The number of pyridine rings is 1. The minimum atomic E-state index is 0.0663. The third kappa shape index (κ3) is 5.33. The van der Waals surface area contributed by atoms with Crippen LogP contribution >= 0.6 is 0 Å². The van der Waals surface area contributed by atoms with Crippen molar-refractivity contribution in [1.82, 2.24) is 10.3 Å². The summed E-state index contributed by atoms with van der Waals surface area (Å²) in [6, 6.07) is 4.38. The van der Waals surface area contributed by atoms with Gasteiger partial charge in [0.2, 0.25) is 0 Å². The van der Waals surface area contributed by atoms with E-state index >= 15 is 0 Å². The molecule has 1 aromatic rings. The van der Waals surface area contributed by atoms with Gasteiger partial charge in [-0.3, -0.25) is 4.98 Å². The second-order valence-corrected chi connectivity index (χ2v) is 5.62. The number of aryl methyl sites for hydroxylation is 1. The quantitative estimate of drug-likeness (QED) is 0.820. The molecule has 0 amide bonds.